The third-order valence-corrected chi connectivity index (χ3v) is 6.83. The Balaban J connectivity index is 1.19. The minimum Gasteiger partial charge on any atom is -0.454 e. The molecular formula is C28H29N5O5. The first-order valence-corrected chi connectivity index (χ1v) is 12.7. The number of nitrogens with zero attached hydrogens (tertiary/aromatic N) is 3. The summed E-state index contributed by atoms with van der Waals surface area (Å²) < 4.78 is 10.6. The van der Waals surface area contributed by atoms with Crippen molar-refractivity contribution in [2.45, 2.75) is 38.1 Å². The van der Waals surface area contributed by atoms with E-state index in [0.29, 0.717) is 43.0 Å². The zero-order valence-electron chi connectivity index (χ0n) is 21.1. The average Bonchev–Trinajstić information content (AvgIpc) is 3.43. The lowest BCUT2D eigenvalue weighted by atomic mass is 9.93. The Morgan fingerprint density at radius 3 is 2.47 bits per heavy atom. The van der Waals surface area contributed by atoms with Crippen molar-refractivity contribution in [3.05, 3.63) is 77.7 Å². The molecule has 38 heavy (non-hydrogen) atoms. The van der Waals surface area contributed by atoms with E-state index in [0.717, 1.165) is 12.0 Å². The maximum Gasteiger partial charge on any atom is 0.273 e. The first kappa shape index (κ1) is 25.2. The fourth-order valence-electron chi connectivity index (χ4n) is 4.77. The van der Waals surface area contributed by atoms with Gasteiger partial charge in [0, 0.05) is 37.1 Å². The summed E-state index contributed by atoms with van der Waals surface area (Å²) in [6.07, 6.45) is 4.80. The Morgan fingerprint density at radius 1 is 0.974 bits per heavy atom. The third-order valence-electron chi connectivity index (χ3n) is 6.83. The van der Waals surface area contributed by atoms with Crippen LogP contribution >= 0.6 is 0 Å². The van der Waals surface area contributed by atoms with Crippen LogP contribution in [0.4, 0.5) is 5.82 Å². The minimum atomic E-state index is -0.450. The number of piperidine rings is 1. The quantitative estimate of drug-likeness (QED) is 0.495. The Labute approximate surface area is 220 Å². The highest BCUT2D eigenvalue weighted by Gasteiger charge is 2.29. The van der Waals surface area contributed by atoms with Crippen molar-refractivity contribution in [3.63, 3.8) is 0 Å². The number of rotatable bonds is 7. The number of fused-ring (bicyclic) bond motifs is 1. The number of hydrogen-bond donors (Lipinski definition) is 2. The molecule has 1 unspecified atom stereocenters. The first-order valence-electron chi connectivity index (χ1n) is 12.7. The normalized spacial score (nSPS) is 15.6. The van der Waals surface area contributed by atoms with Gasteiger partial charge >= 0.3 is 0 Å². The van der Waals surface area contributed by atoms with Crippen LogP contribution in [0.1, 0.15) is 58.5 Å². The monoisotopic (exact) mass is 515 g/mol. The molecule has 196 valence electrons. The lowest BCUT2D eigenvalue weighted by Gasteiger charge is -2.34. The molecule has 1 atom stereocenters. The van der Waals surface area contributed by atoms with E-state index >= 15 is 0 Å². The van der Waals surface area contributed by atoms with Gasteiger partial charge in [-0.05, 0) is 43.0 Å². The van der Waals surface area contributed by atoms with E-state index in [2.05, 4.69) is 20.6 Å². The molecule has 5 rings (SSSR count). The van der Waals surface area contributed by atoms with E-state index in [4.69, 9.17) is 9.47 Å². The fraction of sp³-hybridized carbons (Fsp3) is 0.321. The van der Waals surface area contributed by atoms with Crippen molar-refractivity contribution >= 4 is 23.5 Å². The summed E-state index contributed by atoms with van der Waals surface area (Å²) in [6, 6.07) is 14.5. The summed E-state index contributed by atoms with van der Waals surface area (Å²) >= 11 is 0. The van der Waals surface area contributed by atoms with Gasteiger partial charge in [0.05, 0.1) is 5.92 Å². The molecule has 3 amide bonds. The van der Waals surface area contributed by atoms with Crippen molar-refractivity contribution in [1.29, 1.82) is 0 Å². The molecule has 3 aromatic rings. The summed E-state index contributed by atoms with van der Waals surface area (Å²) in [5.74, 6) is 0.179. The largest absolute Gasteiger partial charge is 0.454 e. The molecule has 0 saturated carbocycles. The lowest BCUT2D eigenvalue weighted by molar-refractivity contribution is -0.134. The molecule has 1 aromatic heterocycles. The summed E-state index contributed by atoms with van der Waals surface area (Å²) in [4.78, 5) is 49.3. The number of aromatic nitrogens is 2. The smallest absolute Gasteiger partial charge is 0.273 e. The van der Waals surface area contributed by atoms with Gasteiger partial charge in [0.25, 0.3) is 11.8 Å². The molecule has 2 N–H and O–H groups in total. The molecule has 10 nitrogen and oxygen atoms in total. The Morgan fingerprint density at radius 2 is 1.71 bits per heavy atom. The van der Waals surface area contributed by atoms with Crippen LogP contribution in [0, 0.1) is 0 Å². The van der Waals surface area contributed by atoms with Crippen molar-refractivity contribution in [2.75, 3.05) is 25.2 Å². The van der Waals surface area contributed by atoms with Gasteiger partial charge in [-0.2, -0.15) is 0 Å². The highest BCUT2D eigenvalue weighted by atomic mass is 16.7. The summed E-state index contributed by atoms with van der Waals surface area (Å²) in [5.41, 5.74) is 1.38. The van der Waals surface area contributed by atoms with Gasteiger partial charge in [-0.25, -0.2) is 9.97 Å². The van der Waals surface area contributed by atoms with Gasteiger partial charge in [0.1, 0.15) is 0 Å². The van der Waals surface area contributed by atoms with Crippen LogP contribution in [-0.4, -0.2) is 58.5 Å². The molecule has 3 heterocycles. The van der Waals surface area contributed by atoms with Gasteiger partial charge in [-0.1, -0.05) is 37.3 Å². The average molecular weight is 516 g/mol. The Bertz CT molecular complexity index is 1320. The Hall–Kier alpha value is -4.47. The van der Waals surface area contributed by atoms with Gasteiger partial charge in [-0.3, -0.25) is 14.4 Å². The summed E-state index contributed by atoms with van der Waals surface area (Å²) in [5, 5.41) is 5.66. The molecular weight excluding hydrogens is 486 g/mol. The third kappa shape index (κ3) is 5.44. The molecule has 2 aromatic carbocycles. The molecule has 0 spiro atoms. The molecule has 1 saturated heterocycles. The van der Waals surface area contributed by atoms with Gasteiger partial charge in [-0.15, -0.1) is 0 Å². The predicted molar refractivity (Wildman–Crippen MR) is 139 cm³/mol. The van der Waals surface area contributed by atoms with E-state index in [9.17, 15) is 14.4 Å². The number of carbonyl (C=O) groups is 3. The highest BCUT2D eigenvalue weighted by molar-refractivity contribution is 6.07. The van der Waals surface area contributed by atoms with Crippen LogP contribution in [0.3, 0.4) is 0 Å². The van der Waals surface area contributed by atoms with Crippen molar-refractivity contribution in [1.82, 2.24) is 20.2 Å². The van der Waals surface area contributed by atoms with Crippen LogP contribution in [0.15, 0.2) is 60.9 Å². The second-order valence-electron chi connectivity index (χ2n) is 9.22. The van der Waals surface area contributed by atoms with Crippen LogP contribution in [0.25, 0.3) is 0 Å². The fourth-order valence-corrected chi connectivity index (χ4v) is 4.77. The molecule has 0 aliphatic carbocycles. The van der Waals surface area contributed by atoms with E-state index in [1.165, 1.54) is 12.4 Å². The SMILES string of the molecule is CCC(C(=O)N1CCC(NC(=O)c2nccnc2NC(=O)c2ccc3c(c2)OCO3)CC1)c1ccccc1. The number of hydrogen-bond acceptors (Lipinski definition) is 7. The standard InChI is InChI=1S/C28H29N5O5/c1-2-21(18-6-4-3-5-7-18)28(36)33-14-10-20(11-15-33)31-27(35)24-25(30-13-12-29-24)32-26(34)19-8-9-22-23(16-19)38-17-37-22/h3-9,12-13,16,20-21H,2,10-11,14-15,17H2,1H3,(H,31,35)(H,30,32,34). The first-order chi connectivity index (χ1) is 18.5. The lowest BCUT2D eigenvalue weighted by Crippen LogP contribution is -2.48. The number of ether oxygens (including phenoxy) is 2. The maximum absolute atomic E-state index is 13.2. The topological polar surface area (TPSA) is 123 Å². The van der Waals surface area contributed by atoms with Crippen molar-refractivity contribution < 1.29 is 23.9 Å². The summed E-state index contributed by atoms with van der Waals surface area (Å²) in [6.45, 7) is 3.24. The highest BCUT2D eigenvalue weighted by Crippen LogP contribution is 2.32. The van der Waals surface area contributed by atoms with Crippen LogP contribution in [0.2, 0.25) is 0 Å². The predicted octanol–water partition coefficient (Wildman–Crippen LogP) is 3.37. The number of carbonyl (C=O) groups excluding carboxylic acids is 3. The molecule has 10 heteroatoms. The minimum absolute atomic E-state index is 0.0234. The van der Waals surface area contributed by atoms with Crippen LogP contribution < -0.4 is 20.1 Å². The van der Waals surface area contributed by atoms with Gasteiger partial charge in [0.2, 0.25) is 12.7 Å². The zero-order chi connectivity index (χ0) is 26.5. The van der Waals surface area contributed by atoms with Gasteiger partial charge in [0.15, 0.2) is 23.0 Å². The second kappa shape index (κ2) is 11.3. The molecule has 2 aliphatic rings. The maximum atomic E-state index is 13.2. The van der Waals surface area contributed by atoms with Crippen molar-refractivity contribution in [2.24, 2.45) is 0 Å². The second-order valence-corrected chi connectivity index (χ2v) is 9.22. The van der Waals surface area contributed by atoms with Crippen LogP contribution in [-0.2, 0) is 4.79 Å². The number of benzene rings is 2. The van der Waals surface area contributed by atoms with Crippen LogP contribution in [0.5, 0.6) is 11.5 Å². The number of nitrogens with one attached hydrogen (secondary N) is 2. The molecule has 0 bridgehead atoms. The number of amides is 3. The number of anilines is 1. The summed E-state index contributed by atoms with van der Waals surface area (Å²) in [7, 11) is 0. The van der Waals surface area contributed by atoms with Gasteiger partial charge < -0.3 is 25.0 Å². The molecule has 1 fully saturated rings. The van der Waals surface area contributed by atoms with E-state index < -0.39 is 11.8 Å². The van der Waals surface area contributed by atoms with E-state index in [-0.39, 0.29) is 36.2 Å². The molecule has 0 radical (unpaired) electrons. The zero-order valence-corrected chi connectivity index (χ0v) is 21.1. The van der Waals surface area contributed by atoms with Crippen molar-refractivity contribution in [3.8, 4) is 11.5 Å². The van der Waals surface area contributed by atoms with E-state index in [1.54, 1.807) is 18.2 Å². The van der Waals surface area contributed by atoms with E-state index in [1.807, 2.05) is 42.2 Å². The Kier molecular flexibility index (Phi) is 7.48. The molecule has 2 aliphatic heterocycles. The number of likely N-dealkylation sites (tertiary alicyclic amines) is 1.